The summed E-state index contributed by atoms with van der Waals surface area (Å²) >= 11 is 5.77. The van der Waals surface area contributed by atoms with E-state index in [0.717, 1.165) is 6.26 Å². The average molecular weight is 485 g/mol. The molecule has 0 radical (unpaired) electrons. The zero-order chi connectivity index (χ0) is 22.5. The van der Waals surface area contributed by atoms with Gasteiger partial charge in [0.25, 0.3) is 0 Å². The van der Waals surface area contributed by atoms with Crippen molar-refractivity contribution in [2.24, 2.45) is 0 Å². The maximum Gasteiger partial charge on any atom is 0.245 e. The van der Waals surface area contributed by atoms with Crippen molar-refractivity contribution in [3.63, 3.8) is 0 Å². The second kappa shape index (κ2) is 9.82. The Bertz CT molecular complexity index is 1190. The van der Waals surface area contributed by atoms with Crippen LogP contribution in [0.4, 0.5) is 0 Å². The summed E-state index contributed by atoms with van der Waals surface area (Å²) in [6.45, 7) is 0.468. The number of aromatic nitrogens is 1. The predicted molar refractivity (Wildman–Crippen MR) is 115 cm³/mol. The summed E-state index contributed by atoms with van der Waals surface area (Å²) in [6, 6.07) is 12.3. The van der Waals surface area contributed by atoms with Gasteiger partial charge in [-0.1, -0.05) is 11.6 Å². The highest BCUT2D eigenvalue weighted by atomic mass is 35.5. The largest absolute Gasteiger partial charge is 0.494 e. The predicted octanol–water partition coefficient (Wildman–Crippen LogP) is 3.39. The van der Waals surface area contributed by atoms with Crippen molar-refractivity contribution in [1.82, 2.24) is 9.29 Å². The molecule has 0 amide bonds. The van der Waals surface area contributed by atoms with Crippen LogP contribution in [0.5, 0.6) is 5.75 Å². The molecule has 0 saturated heterocycles. The van der Waals surface area contributed by atoms with E-state index in [4.69, 9.17) is 20.8 Å². The van der Waals surface area contributed by atoms with Gasteiger partial charge in [-0.2, -0.15) is 4.31 Å². The lowest BCUT2D eigenvalue weighted by molar-refractivity contribution is 0.280. The van der Waals surface area contributed by atoms with E-state index in [0.29, 0.717) is 17.9 Å². The van der Waals surface area contributed by atoms with Crippen LogP contribution in [-0.2, 0) is 26.4 Å². The zero-order valence-corrected chi connectivity index (χ0v) is 19.0. The van der Waals surface area contributed by atoms with E-state index in [1.165, 1.54) is 41.0 Å². The quantitative estimate of drug-likeness (QED) is 0.320. The van der Waals surface area contributed by atoms with E-state index in [1.807, 2.05) is 0 Å². The molecule has 166 valence electrons. The number of rotatable bonds is 10. The summed E-state index contributed by atoms with van der Waals surface area (Å²) in [5, 5.41) is 0.201. The first kappa shape index (κ1) is 23.3. The number of nitrogens with zero attached hydrogens (tertiary/aromatic N) is 2. The smallest absolute Gasteiger partial charge is 0.245 e. The highest BCUT2D eigenvalue weighted by Crippen LogP contribution is 2.20. The Morgan fingerprint density at radius 1 is 1.03 bits per heavy atom. The van der Waals surface area contributed by atoms with Crippen LogP contribution < -0.4 is 4.74 Å². The molecule has 0 fully saturated rings. The maximum atomic E-state index is 13.1. The van der Waals surface area contributed by atoms with Crippen molar-refractivity contribution in [2.45, 2.75) is 22.8 Å². The maximum absolute atomic E-state index is 13.1. The van der Waals surface area contributed by atoms with E-state index in [1.54, 1.807) is 24.3 Å². The number of sulfonamides is 1. The molecule has 0 saturated carbocycles. The van der Waals surface area contributed by atoms with Gasteiger partial charge in [0.2, 0.25) is 10.0 Å². The molecule has 0 aliphatic heterocycles. The molecule has 0 aliphatic carbocycles. The van der Waals surface area contributed by atoms with Crippen molar-refractivity contribution in [3.8, 4) is 5.75 Å². The van der Waals surface area contributed by atoms with Crippen LogP contribution in [0.1, 0.15) is 12.2 Å². The minimum atomic E-state index is -3.83. The first-order chi connectivity index (χ1) is 14.7. The summed E-state index contributed by atoms with van der Waals surface area (Å²) in [7, 11) is -7.11. The summed E-state index contributed by atoms with van der Waals surface area (Å²) in [6.07, 6.45) is 4.22. The molecule has 0 unspecified atom stereocenters. The number of hydrogen-bond donors (Lipinski definition) is 0. The van der Waals surface area contributed by atoms with Crippen LogP contribution in [0.15, 0.2) is 75.2 Å². The van der Waals surface area contributed by atoms with E-state index >= 15 is 0 Å². The third-order valence-corrected chi connectivity index (χ3v) is 7.50. The molecule has 31 heavy (non-hydrogen) atoms. The molecular weight excluding hydrogens is 464 g/mol. The normalized spacial score (nSPS) is 12.2. The summed E-state index contributed by atoms with van der Waals surface area (Å²) in [4.78, 5) is 4.08. The summed E-state index contributed by atoms with van der Waals surface area (Å²) in [5.41, 5.74) is 0. The third kappa shape index (κ3) is 6.30. The minimum Gasteiger partial charge on any atom is -0.494 e. The first-order valence-corrected chi connectivity index (χ1v) is 12.9. The molecule has 0 N–H and O–H groups in total. The first-order valence-electron chi connectivity index (χ1n) is 9.23. The van der Waals surface area contributed by atoms with Crippen LogP contribution >= 0.6 is 11.6 Å². The Balaban J connectivity index is 1.66. The van der Waals surface area contributed by atoms with E-state index in [2.05, 4.69) is 4.98 Å². The van der Waals surface area contributed by atoms with Crippen LogP contribution in [0.2, 0.25) is 5.15 Å². The molecule has 0 aliphatic rings. The Hall–Kier alpha value is -2.40. The Morgan fingerprint density at radius 3 is 2.32 bits per heavy atom. The topological polar surface area (TPSA) is 107 Å². The fourth-order valence-electron chi connectivity index (χ4n) is 2.74. The van der Waals surface area contributed by atoms with Gasteiger partial charge < -0.3 is 9.15 Å². The molecule has 0 atom stereocenters. The monoisotopic (exact) mass is 484 g/mol. The van der Waals surface area contributed by atoms with E-state index < -0.39 is 19.9 Å². The molecular formula is C20H21ClN2O6S2. The highest BCUT2D eigenvalue weighted by molar-refractivity contribution is 7.90. The second-order valence-electron chi connectivity index (χ2n) is 6.68. The molecule has 1 aromatic carbocycles. The van der Waals surface area contributed by atoms with E-state index in [9.17, 15) is 16.8 Å². The number of benzene rings is 1. The van der Waals surface area contributed by atoms with Crippen LogP contribution in [0.3, 0.4) is 0 Å². The van der Waals surface area contributed by atoms with Gasteiger partial charge in [0.05, 0.1) is 24.3 Å². The SMILES string of the molecule is CS(=O)(=O)c1ccc(OCCCN(Cc2ccco2)S(=O)(=O)c2ccc(Cl)nc2)cc1. The van der Waals surface area contributed by atoms with Crippen LogP contribution in [-0.4, -0.2) is 45.5 Å². The summed E-state index contributed by atoms with van der Waals surface area (Å²) in [5.74, 6) is 0.998. The second-order valence-corrected chi connectivity index (χ2v) is 11.0. The Labute approximate surface area is 186 Å². The molecule has 3 aromatic rings. The molecule has 2 aromatic heterocycles. The number of hydrogen-bond acceptors (Lipinski definition) is 7. The lowest BCUT2D eigenvalue weighted by Crippen LogP contribution is -2.32. The van der Waals surface area contributed by atoms with Gasteiger partial charge in [-0.3, -0.25) is 0 Å². The van der Waals surface area contributed by atoms with Gasteiger partial charge in [-0.25, -0.2) is 21.8 Å². The van der Waals surface area contributed by atoms with Gasteiger partial charge in [-0.15, -0.1) is 0 Å². The van der Waals surface area contributed by atoms with Crippen molar-refractivity contribution in [2.75, 3.05) is 19.4 Å². The number of halogens is 1. The zero-order valence-electron chi connectivity index (χ0n) is 16.6. The van der Waals surface area contributed by atoms with Crippen molar-refractivity contribution in [3.05, 3.63) is 71.9 Å². The van der Waals surface area contributed by atoms with E-state index in [-0.39, 0.29) is 34.6 Å². The fourth-order valence-corrected chi connectivity index (χ4v) is 4.87. The summed E-state index contributed by atoms with van der Waals surface area (Å²) < 4.78 is 61.4. The molecule has 11 heteroatoms. The molecule has 0 bridgehead atoms. The standard InChI is InChI=1S/C20H21ClN2O6S2/c1-30(24,25)18-7-5-16(6-8-18)28-13-3-11-23(15-17-4-2-12-29-17)31(26,27)19-9-10-20(21)22-14-19/h2,4-10,12,14H,3,11,13,15H2,1H3. The molecule has 8 nitrogen and oxygen atoms in total. The fraction of sp³-hybridized carbons (Fsp3) is 0.250. The highest BCUT2D eigenvalue weighted by Gasteiger charge is 2.25. The number of furan rings is 1. The number of pyridine rings is 1. The van der Waals surface area contributed by atoms with Gasteiger partial charge in [-0.05, 0) is 55.0 Å². The van der Waals surface area contributed by atoms with Gasteiger partial charge in [0.1, 0.15) is 21.6 Å². The lowest BCUT2D eigenvalue weighted by Gasteiger charge is -2.21. The van der Waals surface area contributed by atoms with Crippen molar-refractivity contribution < 1.29 is 26.0 Å². The van der Waals surface area contributed by atoms with Gasteiger partial charge in [0, 0.05) is 19.0 Å². The number of sulfone groups is 1. The Kier molecular flexibility index (Phi) is 7.37. The van der Waals surface area contributed by atoms with Crippen molar-refractivity contribution >= 4 is 31.5 Å². The van der Waals surface area contributed by atoms with Gasteiger partial charge >= 0.3 is 0 Å². The average Bonchev–Trinajstić information content (AvgIpc) is 3.23. The minimum absolute atomic E-state index is 0.0285. The molecule has 2 heterocycles. The third-order valence-electron chi connectivity index (χ3n) is 4.32. The van der Waals surface area contributed by atoms with Crippen LogP contribution in [0.25, 0.3) is 0 Å². The molecule has 0 spiro atoms. The van der Waals surface area contributed by atoms with Crippen molar-refractivity contribution in [1.29, 1.82) is 0 Å². The van der Waals surface area contributed by atoms with Gasteiger partial charge in [0.15, 0.2) is 9.84 Å². The Morgan fingerprint density at radius 2 is 1.74 bits per heavy atom. The molecule has 3 rings (SSSR count). The number of ether oxygens (including phenoxy) is 1. The van der Waals surface area contributed by atoms with Crippen LogP contribution in [0, 0.1) is 0 Å². The lowest BCUT2D eigenvalue weighted by atomic mass is 10.3.